The molecule has 0 saturated carbocycles. The molecule has 1 N–H and O–H groups in total. The van der Waals surface area contributed by atoms with Crippen LogP contribution in [0.3, 0.4) is 0 Å². The van der Waals surface area contributed by atoms with Crippen molar-refractivity contribution >= 4 is 40.4 Å². The van der Waals surface area contributed by atoms with E-state index in [1.165, 1.54) is 11.9 Å². The van der Waals surface area contributed by atoms with Gasteiger partial charge >= 0.3 is 0 Å². The molecule has 2 aromatic carbocycles. The van der Waals surface area contributed by atoms with Crippen LogP contribution in [0.4, 0.5) is 5.69 Å². The van der Waals surface area contributed by atoms with E-state index in [4.69, 9.17) is 0 Å². The molecule has 27 heavy (non-hydrogen) atoms. The maximum atomic E-state index is 12.8. The summed E-state index contributed by atoms with van der Waals surface area (Å²) in [4.78, 5) is 37.3. The van der Waals surface area contributed by atoms with E-state index >= 15 is 0 Å². The highest BCUT2D eigenvalue weighted by Gasteiger charge is 2.34. The number of benzene rings is 2. The van der Waals surface area contributed by atoms with Crippen molar-refractivity contribution in [1.29, 1.82) is 0 Å². The summed E-state index contributed by atoms with van der Waals surface area (Å²) in [6.07, 6.45) is 1.57. The van der Waals surface area contributed by atoms with Gasteiger partial charge in [0, 0.05) is 23.6 Å². The van der Waals surface area contributed by atoms with Crippen LogP contribution in [0.1, 0.15) is 23.0 Å². The van der Waals surface area contributed by atoms with Crippen molar-refractivity contribution in [3.05, 3.63) is 71.4 Å². The molecule has 0 radical (unpaired) electrons. The first kappa shape index (κ1) is 16.8. The molecule has 1 aromatic heterocycles. The van der Waals surface area contributed by atoms with Gasteiger partial charge in [-0.15, -0.1) is 0 Å². The lowest BCUT2D eigenvalue weighted by Gasteiger charge is -2.13. The fraction of sp³-hybridized carbons (Fsp3) is 0.0952. The van der Waals surface area contributed by atoms with E-state index in [9.17, 15) is 14.4 Å². The third-order valence-electron chi connectivity index (χ3n) is 4.67. The number of fused-ring (bicyclic) bond motifs is 1. The topological polar surface area (TPSA) is 71.4 Å². The summed E-state index contributed by atoms with van der Waals surface area (Å²) in [6, 6.07) is 16.3. The van der Waals surface area contributed by atoms with E-state index in [1.807, 2.05) is 30.3 Å². The van der Waals surface area contributed by atoms with Gasteiger partial charge in [0.25, 0.3) is 11.8 Å². The molecule has 0 aliphatic carbocycles. The summed E-state index contributed by atoms with van der Waals surface area (Å²) < 4.78 is 1.59. The lowest BCUT2D eigenvalue weighted by atomic mass is 10.1. The number of hydrazine groups is 1. The molecule has 1 fully saturated rings. The standard InChI is InChI=1S/C21H17N3O3/c1-13-17(16-10-6-7-11-19(16)23(13)14(2)25)12-18-20(26)22-24(21(18)27)15-8-4-3-5-9-15/h3-12H,1-2H3,(H,22,26)/b18-12-. The van der Waals surface area contributed by atoms with Gasteiger partial charge in [0.1, 0.15) is 5.57 Å². The highest BCUT2D eigenvalue weighted by molar-refractivity contribution is 6.32. The van der Waals surface area contributed by atoms with Crippen LogP contribution in [-0.2, 0) is 9.59 Å². The van der Waals surface area contributed by atoms with Gasteiger partial charge in [0.2, 0.25) is 5.91 Å². The largest absolute Gasteiger partial charge is 0.284 e. The zero-order chi connectivity index (χ0) is 19.1. The molecule has 3 aromatic rings. The van der Waals surface area contributed by atoms with E-state index in [-0.39, 0.29) is 11.5 Å². The van der Waals surface area contributed by atoms with Gasteiger partial charge in [-0.25, -0.2) is 5.01 Å². The Labute approximate surface area is 155 Å². The van der Waals surface area contributed by atoms with Crippen LogP contribution in [0.25, 0.3) is 17.0 Å². The molecule has 2 heterocycles. The van der Waals surface area contributed by atoms with Gasteiger partial charge in [-0.1, -0.05) is 36.4 Å². The lowest BCUT2D eigenvalue weighted by molar-refractivity contribution is -0.117. The molecule has 134 valence electrons. The number of aromatic nitrogens is 1. The van der Waals surface area contributed by atoms with Gasteiger partial charge < -0.3 is 0 Å². The van der Waals surface area contributed by atoms with Crippen LogP contribution in [0.2, 0.25) is 0 Å². The van der Waals surface area contributed by atoms with Crippen LogP contribution in [0.15, 0.2) is 60.2 Å². The molecular formula is C21H17N3O3. The van der Waals surface area contributed by atoms with Gasteiger partial charge in [-0.05, 0) is 31.2 Å². The minimum absolute atomic E-state index is 0.0356. The van der Waals surface area contributed by atoms with Crippen molar-refractivity contribution in [1.82, 2.24) is 9.99 Å². The molecule has 0 atom stereocenters. The fourth-order valence-electron chi connectivity index (χ4n) is 3.44. The SMILES string of the molecule is CC(=O)n1c(C)c(/C=C2/C(=O)NN(c3ccccc3)C2=O)c2ccccc21. The summed E-state index contributed by atoms with van der Waals surface area (Å²) in [6.45, 7) is 3.29. The molecule has 1 aliphatic heterocycles. The molecule has 0 spiro atoms. The number of nitrogens with zero attached hydrogens (tertiary/aromatic N) is 2. The van der Waals surface area contributed by atoms with Crippen molar-refractivity contribution in [2.24, 2.45) is 0 Å². The molecular weight excluding hydrogens is 342 g/mol. The van der Waals surface area contributed by atoms with E-state index in [2.05, 4.69) is 5.43 Å². The van der Waals surface area contributed by atoms with Crippen LogP contribution >= 0.6 is 0 Å². The van der Waals surface area contributed by atoms with Gasteiger partial charge in [-0.3, -0.25) is 24.4 Å². The van der Waals surface area contributed by atoms with Crippen LogP contribution in [0.5, 0.6) is 0 Å². The summed E-state index contributed by atoms with van der Waals surface area (Å²) in [5.74, 6) is -1.02. The normalized spacial score (nSPS) is 15.6. The molecule has 1 saturated heterocycles. The molecule has 0 unspecified atom stereocenters. The van der Waals surface area contributed by atoms with Crippen molar-refractivity contribution in [2.75, 3.05) is 5.01 Å². The Bertz CT molecular complexity index is 1130. The summed E-state index contributed by atoms with van der Waals surface area (Å²) >= 11 is 0. The number of nitrogens with one attached hydrogen (secondary N) is 1. The first-order chi connectivity index (χ1) is 13.0. The second-order valence-electron chi connectivity index (χ2n) is 6.35. The quantitative estimate of drug-likeness (QED) is 0.565. The number of hydrogen-bond acceptors (Lipinski definition) is 3. The Balaban J connectivity index is 1.85. The lowest BCUT2D eigenvalue weighted by Crippen LogP contribution is -2.35. The highest BCUT2D eigenvalue weighted by atomic mass is 16.2. The van der Waals surface area contributed by atoms with E-state index in [0.717, 1.165) is 10.9 Å². The molecule has 6 nitrogen and oxygen atoms in total. The fourth-order valence-corrected chi connectivity index (χ4v) is 3.44. The van der Waals surface area contributed by atoms with Gasteiger partial charge in [-0.2, -0.15) is 0 Å². The van der Waals surface area contributed by atoms with Crippen LogP contribution in [-0.4, -0.2) is 22.3 Å². The average molecular weight is 359 g/mol. The van der Waals surface area contributed by atoms with Crippen LogP contribution < -0.4 is 10.4 Å². The van der Waals surface area contributed by atoms with Crippen LogP contribution in [0, 0.1) is 6.92 Å². The second-order valence-corrected chi connectivity index (χ2v) is 6.35. The molecule has 2 amide bonds. The van der Waals surface area contributed by atoms with Crippen molar-refractivity contribution in [3.8, 4) is 0 Å². The second kappa shape index (κ2) is 6.25. The summed E-state index contributed by atoms with van der Waals surface area (Å²) in [7, 11) is 0. The number of carbonyl (C=O) groups excluding carboxylic acids is 3. The zero-order valence-corrected chi connectivity index (χ0v) is 14.9. The molecule has 4 rings (SSSR count). The van der Waals surface area contributed by atoms with E-state index in [0.29, 0.717) is 16.9 Å². The molecule has 6 heteroatoms. The smallest absolute Gasteiger partial charge is 0.282 e. The highest BCUT2D eigenvalue weighted by Crippen LogP contribution is 2.29. The predicted octanol–water partition coefficient (Wildman–Crippen LogP) is 3.07. The zero-order valence-electron chi connectivity index (χ0n) is 14.9. The Morgan fingerprint density at radius 3 is 2.37 bits per heavy atom. The minimum atomic E-state index is -0.470. The minimum Gasteiger partial charge on any atom is -0.284 e. The van der Waals surface area contributed by atoms with E-state index in [1.54, 1.807) is 41.8 Å². The summed E-state index contributed by atoms with van der Waals surface area (Å²) in [5.41, 5.74) is 5.34. The average Bonchev–Trinajstić information content (AvgIpc) is 3.11. The number of rotatable bonds is 2. The monoisotopic (exact) mass is 359 g/mol. The number of hydrogen-bond donors (Lipinski definition) is 1. The van der Waals surface area contributed by atoms with E-state index < -0.39 is 11.8 Å². The van der Waals surface area contributed by atoms with Crippen molar-refractivity contribution < 1.29 is 14.4 Å². The summed E-state index contributed by atoms with van der Waals surface area (Å²) in [5, 5.41) is 2.05. The number of carbonyl (C=O) groups is 3. The number of amides is 2. The number of para-hydroxylation sites is 2. The Kier molecular flexibility index (Phi) is 3.88. The maximum Gasteiger partial charge on any atom is 0.282 e. The predicted molar refractivity (Wildman–Crippen MR) is 103 cm³/mol. The maximum absolute atomic E-state index is 12.8. The van der Waals surface area contributed by atoms with Crippen molar-refractivity contribution in [2.45, 2.75) is 13.8 Å². The Morgan fingerprint density at radius 2 is 1.67 bits per heavy atom. The van der Waals surface area contributed by atoms with Crippen molar-refractivity contribution in [3.63, 3.8) is 0 Å². The Hall–Kier alpha value is -3.67. The van der Waals surface area contributed by atoms with Gasteiger partial charge in [0.15, 0.2) is 0 Å². The first-order valence-electron chi connectivity index (χ1n) is 8.52. The first-order valence-corrected chi connectivity index (χ1v) is 8.52. The Morgan fingerprint density at radius 1 is 1.00 bits per heavy atom. The third-order valence-corrected chi connectivity index (χ3v) is 4.67. The van der Waals surface area contributed by atoms with Gasteiger partial charge in [0.05, 0.1) is 11.2 Å². The molecule has 1 aliphatic rings. The number of anilines is 1. The third kappa shape index (κ3) is 2.62. The molecule has 0 bridgehead atoms.